The Kier molecular flexibility index (Phi) is 2.78. The van der Waals surface area contributed by atoms with E-state index in [1.54, 1.807) is 0 Å². The molecule has 0 spiro atoms. The van der Waals surface area contributed by atoms with Crippen LogP contribution in [0, 0.1) is 0 Å². The van der Waals surface area contributed by atoms with Gasteiger partial charge in [-0.1, -0.05) is 6.07 Å². The highest BCUT2D eigenvalue weighted by atomic mass is 19.4. The number of alkyl halides is 3. The van der Waals surface area contributed by atoms with Crippen LogP contribution in [0.1, 0.15) is 5.56 Å². The second-order valence-corrected chi connectivity index (χ2v) is 3.91. The molecule has 0 saturated carbocycles. The molecule has 0 amide bonds. The van der Waals surface area contributed by atoms with E-state index in [0.717, 1.165) is 12.1 Å². The van der Waals surface area contributed by atoms with Crippen LogP contribution in [0.15, 0.2) is 36.9 Å². The lowest BCUT2D eigenvalue weighted by atomic mass is 10.2. The monoisotopic (exact) mass is 280 g/mol. The number of aromatic amines is 1. The standard InChI is InChI=1S/C12H7F3N4O/c13-12(14,15)7-2-1-3-8(4-7)20-11-9-10(17-5-16-9)18-6-19-11/h1-6H,(H,16,17,18,19). The van der Waals surface area contributed by atoms with Gasteiger partial charge in [0.15, 0.2) is 5.65 Å². The minimum absolute atomic E-state index is 0.0365. The minimum Gasteiger partial charge on any atom is -0.437 e. The van der Waals surface area contributed by atoms with Crippen molar-refractivity contribution in [3.8, 4) is 11.6 Å². The van der Waals surface area contributed by atoms with Gasteiger partial charge in [0.1, 0.15) is 17.6 Å². The Morgan fingerprint density at radius 2 is 1.95 bits per heavy atom. The number of hydrogen-bond donors (Lipinski definition) is 1. The van der Waals surface area contributed by atoms with Gasteiger partial charge in [-0.3, -0.25) is 0 Å². The summed E-state index contributed by atoms with van der Waals surface area (Å²) < 4.78 is 43.2. The van der Waals surface area contributed by atoms with E-state index in [1.165, 1.54) is 24.8 Å². The zero-order valence-corrected chi connectivity index (χ0v) is 9.85. The fourth-order valence-corrected chi connectivity index (χ4v) is 1.67. The van der Waals surface area contributed by atoms with Gasteiger partial charge in [-0.25, -0.2) is 9.97 Å². The van der Waals surface area contributed by atoms with E-state index in [0.29, 0.717) is 11.2 Å². The van der Waals surface area contributed by atoms with Gasteiger partial charge in [0.05, 0.1) is 11.9 Å². The van der Waals surface area contributed by atoms with Crippen LogP contribution in [0.4, 0.5) is 13.2 Å². The molecule has 0 bridgehead atoms. The van der Waals surface area contributed by atoms with Gasteiger partial charge in [0.2, 0.25) is 5.88 Å². The molecule has 0 aliphatic rings. The summed E-state index contributed by atoms with van der Waals surface area (Å²) in [4.78, 5) is 14.4. The molecule has 1 N–H and O–H groups in total. The Balaban J connectivity index is 1.97. The summed E-state index contributed by atoms with van der Waals surface area (Å²) in [7, 11) is 0. The number of benzene rings is 1. The molecule has 0 aliphatic carbocycles. The molecule has 0 aliphatic heterocycles. The second kappa shape index (κ2) is 4.48. The van der Waals surface area contributed by atoms with Gasteiger partial charge in [-0.2, -0.15) is 18.2 Å². The van der Waals surface area contributed by atoms with E-state index >= 15 is 0 Å². The maximum Gasteiger partial charge on any atom is 0.416 e. The van der Waals surface area contributed by atoms with E-state index in [1.807, 2.05) is 0 Å². The highest BCUT2D eigenvalue weighted by Gasteiger charge is 2.30. The highest BCUT2D eigenvalue weighted by molar-refractivity contribution is 5.75. The van der Waals surface area contributed by atoms with Crippen molar-refractivity contribution in [2.75, 3.05) is 0 Å². The fraction of sp³-hybridized carbons (Fsp3) is 0.0833. The molecule has 0 saturated heterocycles. The average molecular weight is 280 g/mol. The zero-order chi connectivity index (χ0) is 14.2. The van der Waals surface area contributed by atoms with Crippen LogP contribution in [-0.2, 0) is 6.18 Å². The van der Waals surface area contributed by atoms with Crippen LogP contribution in [0.3, 0.4) is 0 Å². The SMILES string of the molecule is FC(F)(F)c1cccc(Oc2ncnc3nc[nH]c23)c1. The van der Waals surface area contributed by atoms with Crippen molar-refractivity contribution >= 4 is 11.2 Å². The van der Waals surface area contributed by atoms with Crippen LogP contribution in [0.25, 0.3) is 11.2 Å². The van der Waals surface area contributed by atoms with Crippen molar-refractivity contribution in [2.24, 2.45) is 0 Å². The average Bonchev–Trinajstić information content (AvgIpc) is 2.87. The van der Waals surface area contributed by atoms with E-state index in [4.69, 9.17) is 4.74 Å². The summed E-state index contributed by atoms with van der Waals surface area (Å²) >= 11 is 0. The predicted octanol–water partition coefficient (Wildman–Crippen LogP) is 3.16. The van der Waals surface area contributed by atoms with Crippen molar-refractivity contribution in [1.82, 2.24) is 19.9 Å². The first kappa shape index (κ1) is 12.4. The van der Waals surface area contributed by atoms with Gasteiger partial charge in [-0.15, -0.1) is 0 Å². The predicted molar refractivity (Wildman–Crippen MR) is 63.2 cm³/mol. The molecule has 20 heavy (non-hydrogen) atoms. The summed E-state index contributed by atoms with van der Waals surface area (Å²) in [6, 6.07) is 4.56. The normalized spacial score (nSPS) is 11.8. The van der Waals surface area contributed by atoms with Crippen molar-refractivity contribution in [2.45, 2.75) is 6.18 Å². The lowest BCUT2D eigenvalue weighted by Gasteiger charge is -2.09. The van der Waals surface area contributed by atoms with Gasteiger partial charge < -0.3 is 9.72 Å². The molecule has 2 heterocycles. The van der Waals surface area contributed by atoms with Crippen molar-refractivity contribution in [3.05, 3.63) is 42.5 Å². The molecule has 3 aromatic rings. The van der Waals surface area contributed by atoms with Crippen LogP contribution < -0.4 is 4.74 Å². The Morgan fingerprint density at radius 1 is 1.10 bits per heavy atom. The number of fused-ring (bicyclic) bond motifs is 1. The minimum atomic E-state index is -4.42. The molecule has 2 aromatic heterocycles. The molecule has 0 radical (unpaired) electrons. The molecular weight excluding hydrogens is 273 g/mol. The number of H-pyrrole nitrogens is 1. The fourth-order valence-electron chi connectivity index (χ4n) is 1.67. The third kappa shape index (κ3) is 2.27. The lowest BCUT2D eigenvalue weighted by Crippen LogP contribution is -2.04. The molecule has 8 heteroatoms. The van der Waals surface area contributed by atoms with Crippen LogP contribution in [0.2, 0.25) is 0 Å². The molecule has 5 nitrogen and oxygen atoms in total. The Bertz CT molecular complexity index is 754. The first-order valence-corrected chi connectivity index (χ1v) is 5.53. The zero-order valence-electron chi connectivity index (χ0n) is 9.85. The maximum atomic E-state index is 12.6. The van der Waals surface area contributed by atoms with E-state index in [2.05, 4.69) is 19.9 Å². The Hall–Kier alpha value is -2.64. The first-order valence-electron chi connectivity index (χ1n) is 5.53. The summed E-state index contributed by atoms with van der Waals surface area (Å²) in [5.41, 5.74) is 0.0109. The molecule has 1 aromatic carbocycles. The summed E-state index contributed by atoms with van der Waals surface area (Å²) in [5.74, 6) is 0.154. The molecule has 0 fully saturated rings. The summed E-state index contributed by atoms with van der Waals surface area (Å²) in [5, 5.41) is 0. The van der Waals surface area contributed by atoms with Crippen molar-refractivity contribution in [1.29, 1.82) is 0 Å². The Labute approximate surface area is 110 Å². The quantitative estimate of drug-likeness (QED) is 0.783. The van der Waals surface area contributed by atoms with E-state index in [-0.39, 0.29) is 11.6 Å². The topological polar surface area (TPSA) is 63.7 Å². The molecule has 0 atom stereocenters. The number of rotatable bonds is 2. The highest BCUT2D eigenvalue weighted by Crippen LogP contribution is 2.33. The van der Waals surface area contributed by atoms with Crippen LogP contribution >= 0.6 is 0 Å². The largest absolute Gasteiger partial charge is 0.437 e. The van der Waals surface area contributed by atoms with E-state index in [9.17, 15) is 13.2 Å². The number of imidazole rings is 1. The molecular formula is C12H7F3N4O. The van der Waals surface area contributed by atoms with Crippen LogP contribution in [-0.4, -0.2) is 19.9 Å². The van der Waals surface area contributed by atoms with Crippen LogP contribution in [0.5, 0.6) is 11.6 Å². The number of halogens is 3. The third-order valence-electron chi connectivity index (χ3n) is 2.56. The molecule has 0 unspecified atom stereocenters. The summed E-state index contributed by atoms with van der Waals surface area (Å²) in [6.45, 7) is 0. The van der Waals surface area contributed by atoms with Crippen molar-refractivity contribution < 1.29 is 17.9 Å². The molecule has 102 valence electrons. The maximum absolute atomic E-state index is 12.6. The van der Waals surface area contributed by atoms with Crippen molar-refractivity contribution in [3.63, 3.8) is 0 Å². The first-order chi connectivity index (χ1) is 9.54. The number of ether oxygens (including phenoxy) is 1. The lowest BCUT2D eigenvalue weighted by molar-refractivity contribution is -0.137. The number of nitrogens with zero attached hydrogens (tertiary/aromatic N) is 3. The second-order valence-electron chi connectivity index (χ2n) is 3.91. The van der Waals surface area contributed by atoms with Gasteiger partial charge in [0, 0.05) is 0 Å². The van der Waals surface area contributed by atoms with E-state index < -0.39 is 11.7 Å². The van der Waals surface area contributed by atoms with Gasteiger partial charge in [-0.05, 0) is 18.2 Å². The molecule has 3 rings (SSSR count). The van der Waals surface area contributed by atoms with Gasteiger partial charge in [0.25, 0.3) is 0 Å². The third-order valence-corrected chi connectivity index (χ3v) is 2.56. The summed E-state index contributed by atoms with van der Waals surface area (Å²) in [6.07, 6.45) is -1.79. The van der Waals surface area contributed by atoms with Gasteiger partial charge >= 0.3 is 6.18 Å². The smallest absolute Gasteiger partial charge is 0.416 e. The number of hydrogen-bond acceptors (Lipinski definition) is 4. The number of aromatic nitrogens is 4. The Morgan fingerprint density at radius 3 is 2.75 bits per heavy atom. The number of nitrogens with one attached hydrogen (secondary N) is 1.